The molecule has 32 heavy (non-hydrogen) atoms. The van der Waals surface area contributed by atoms with Crippen LogP contribution in [0.15, 0.2) is 30.7 Å². The lowest BCUT2D eigenvalue weighted by atomic mass is 10.1. The number of nitrogens with zero attached hydrogens (tertiary/aromatic N) is 5. The summed E-state index contributed by atoms with van der Waals surface area (Å²) in [5, 5.41) is 12.9. The molecule has 5 heterocycles. The second-order valence-electron chi connectivity index (χ2n) is 7.49. The van der Waals surface area contributed by atoms with E-state index in [9.17, 15) is 9.18 Å². The first-order chi connectivity index (χ1) is 15.5. The van der Waals surface area contributed by atoms with Gasteiger partial charge in [0.25, 0.3) is 6.47 Å². The minimum absolute atomic E-state index is 0.117. The van der Waals surface area contributed by atoms with Crippen LogP contribution in [0, 0.1) is 12.7 Å². The Hall–Kier alpha value is -3.73. The van der Waals surface area contributed by atoms with Gasteiger partial charge in [-0.15, -0.1) is 0 Å². The summed E-state index contributed by atoms with van der Waals surface area (Å²) in [5.74, 6) is 0.136. The summed E-state index contributed by atoms with van der Waals surface area (Å²) in [7, 11) is 0. The number of amides is 2. The predicted octanol–water partition coefficient (Wildman–Crippen LogP) is 1.88. The van der Waals surface area contributed by atoms with E-state index in [-0.39, 0.29) is 18.2 Å². The number of pyridine rings is 2. The lowest BCUT2D eigenvalue weighted by Crippen LogP contribution is -2.43. The van der Waals surface area contributed by atoms with E-state index in [1.807, 2.05) is 13.0 Å². The van der Waals surface area contributed by atoms with E-state index in [1.54, 1.807) is 27.9 Å². The number of carbonyl (C=O) groups excluding carboxylic acids is 1. The molecule has 5 rings (SSSR count). The van der Waals surface area contributed by atoms with Gasteiger partial charge in [0, 0.05) is 68.6 Å². The molecule has 0 spiro atoms. The maximum atomic E-state index is 14.5. The lowest BCUT2D eigenvalue weighted by Gasteiger charge is -2.31. The Morgan fingerprint density at radius 3 is 2.78 bits per heavy atom. The van der Waals surface area contributed by atoms with Gasteiger partial charge >= 0.3 is 6.03 Å². The van der Waals surface area contributed by atoms with E-state index in [0.717, 1.165) is 49.5 Å². The molecule has 2 aliphatic rings. The summed E-state index contributed by atoms with van der Waals surface area (Å²) in [5.41, 5.74) is 3.61. The number of halogens is 1. The van der Waals surface area contributed by atoms with Gasteiger partial charge in [-0.2, -0.15) is 0 Å². The zero-order valence-electron chi connectivity index (χ0n) is 17.6. The summed E-state index contributed by atoms with van der Waals surface area (Å²) < 4.78 is 16.2. The second-order valence-corrected chi connectivity index (χ2v) is 7.49. The molecule has 0 aliphatic carbocycles. The van der Waals surface area contributed by atoms with Crippen LogP contribution in [-0.2, 0) is 11.2 Å². The van der Waals surface area contributed by atoms with Crippen molar-refractivity contribution >= 4 is 35.3 Å². The molecule has 11 heteroatoms. The van der Waals surface area contributed by atoms with Crippen LogP contribution in [0.1, 0.15) is 11.3 Å². The highest BCUT2D eigenvalue weighted by Crippen LogP contribution is 2.34. The quantitative estimate of drug-likeness (QED) is 0.520. The van der Waals surface area contributed by atoms with Gasteiger partial charge < -0.3 is 25.0 Å². The minimum atomic E-state index is -0.515. The number of aromatic nitrogens is 3. The Labute approximate surface area is 183 Å². The monoisotopic (exact) mass is 441 g/mol. The maximum absolute atomic E-state index is 14.5. The number of imidazole rings is 1. The Morgan fingerprint density at radius 1 is 1.28 bits per heavy atom. The van der Waals surface area contributed by atoms with Gasteiger partial charge in [-0.1, -0.05) is 0 Å². The fourth-order valence-corrected chi connectivity index (χ4v) is 4.08. The second kappa shape index (κ2) is 9.18. The van der Waals surface area contributed by atoms with E-state index in [4.69, 9.17) is 9.90 Å². The molecule has 2 aliphatic heterocycles. The number of aryl methyl sites for hydroxylation is 1. The molecule has 3 aromatic rings. The molecule has 3 N–H and O–H groups in total. The highest BCUT2D eigenvalue weighted by atomic mass is 19.1. The Kier molecular flexibility index (Phi) is 6.17. The summed E-state index contributed by atoms with van der Waals surface area (Å²) in [4.78, 5) is 33.9. The Balaban J connectivity index is 0.000000775. The maximum Gasteiger partial charge on any atom is 0.327 e. The topological polar surface area (TPSA) is 115 Å². The zero-order chi connectivity index (χ0) is 22.7. The number of rotatable bonds is 2. The van der Waals surface area contributed by atoms with Gasteiger partial charge in [0.1, 0.15) is 11.5 Å². The third-order valence-corrected chi connectivity index (χ3v) is 5.46. The van der Waals surface area contributed by atoms with Gasteiger partial charge in [0.2, 0.25) is 0 Å². The number of nitrogens with one attached hydrogen (secondary N) is 2. The molecular weight excluding hydrogens is 417 g/mol. The van der Waals surface area contributed by atoms with Crippen molar-refractivity contribution in [2.24, 2.45) is 0 Å². The van der Waals surface area contributed by atoms with Gasteiger partial charge in [-0.05, 0) is 19.4 Å². The third-order valence-electron chi connectivity index (χ3n) is 5.46. The molecule has 0 radical (unpaired) electrons. The van der Waals surface area contributed by atoms with Crippen molar-refractivity contribution in [3.05, 3.63) is 47.8 Å². The fourth-order valence-electron chi connectivity index (χ4n) is 4.08. The van der Waals surface area contributed by atoms with Crippen molar-refractivity contribution in [1.82, 2.24) is 19.7 Å². The van der Waals surface area contributed by atoms with Crippen molar-refractivity contribution in [2.45, 2.75) is 13.3 Å². The highest BCUT2D eigenvalue weighted by molar-refractivity contribution is 6.03. The molecule has 0 atom stereocenters. The van der Waals surface area contributed by atoms with Gasteiger partial charge in [-0.3, -0.25) is 9.69 Å². The van der Waals surface area contributed by atoms with Crippen LogP contribution in [-0.4, -0.2) is 64.7 Å². The van der Waals surface area contributed by atoms with Gasteiger partial charge in [0.15, 0.2) is 5.82 Å². The van der Waals surface area contributed by atoms with E-state index < -0.39 is 5.82 Å². The third kappa shape index (κ3) is 4.19. The van der Waals surface area contributed by atoms with Crippen molar-refractivity contribution in [2.75, 3.05) is 47.8 Å². The van der Waals surface area contributed by atoms with Crippen LogP contribution in [0.5, 0.6) is 0 Å². The van der Waals surface area contributed by atoms with Crippen LogP contribution in [0.25, 0.3) is 5.65 Å². The number of carbonyl (C=O) groups is 2. The van der Waals surface area contributed by atoms with Crippen LogP contribution in [0.3, 0.4) is 0 Å². The smallest absolute Gasteiger partial charge is 0.327 e. The highest BCUT2D eigenvalue weighted by Gasteiger charge is 2.30. The average molecular weight is 441 g/mol. The number of fused-ring (bicyclic) bond motifs is 2. The molecule has 2 amide bonds. The van der Waals surface area contributed by atoms with E-state index in [0.29, 0.717) is 18.0 Å². The first-order valence-corrected chi connectivity index (χ1v) is 10.3. The molecule has 0 bridgehead atoms. The molecule has 0 saturated carbocycles. The molecular formula is C21H24FN7O3. The number of carboxylic acid groups (broad SMARTS) is 1. The van der Waals surface area contributed by atoms with Crippen LogP contribution in [0.2, 0.25) is 0 Å². The zero-order valence-corrected chi connectivity index (χ0v) is 17.6. The number of hydrogen-bond acceptors (Lipinski definition) is 6. The average Bonchev–Trinajstić information content (AvgIpc) is 3.37. The normalized spacial score (nSPS) is 15.2. The summed E-state index contributed by atoms with van der Waals surface area (Å²) in [6.45, 7) is 5.85. The molecule has 10 nitrogen and oxygen atoms in total. The minimum Gasteiger partial charge on any atom is -0.483 e. The van der Waals surface area contributed by atoms with E-state index in [2.05, 4.69) is 25.5 Å². The van der Waals surface area contributed by atoms with E-state index >= 15 is 0 Å². The number of urea groups is 1. The van der Waals surface area contributed by atoms with Gasteiger partial charge in [-0.25, -0.2) is 19.2 Å². The summed E-state index contributed by atoms with van der Waals surface area (Å²) >= 11 is 0. The largest absolute Gasteiger partial charge is 0.483 e. The fraction of sp³-hybridized carbons (Fsp3) is 0.333. The molecule has 3 aromatic heterocycles. The first kappa shape index (κ1) is 21.5. The SMILES string of the molecule is Cc1cn2cc(NC(=O)N3CCc4c(N5CCNCC5)ccnc43)c(F)cc2n1.O=CO. The van der Waals surface area contributed by atoms with Crippen molar-refractivity contribution in [1.29, 1.82) is 0 Å². The summed E-state index contributed by atoms with van der Waals surface area (Å²) in [6, 6.07) is 2.95. The predicted molar refractivity (Wildman–Crippen MR) is 118 cm³/mol. The Morgan fingerprint density at radius 2 is 2.03 bits per heavy atom. The molecule has 0 aromatic carbocycles. The van der Waals surface area contributed by atoms with Crippen molar-refractivity contribution in [3.63, 3.8) is 0 Å². The summed E-state index contributed by atoms with van der Waals surface area (Å²) in [6.07, 6.45) is 5.81. The van der Waals surface area contributed by atoms with E-state index in [1.165, 1.54) is 6.07 Å². The Bertz CT molecular complexity index is 1140. The van der Waals surface area contributed by atoms with Crippen LogP contribution < -0.4 is 20.4 Å². The first-order valence-electron chi connectivity index (χ1n) is 10.3. The standard InChI is InChI=1S/C20H22FN7O.CH2O2/c1-13-11-27-12-16(15(21)10-18(27)24-13)25-20(29)28-7-3-14-17(2-4-23-19(14)28)26-8-5-22-6-9-26;2-1-3/h2,4,10-12,22H,3,5-9H2,1H3,(H,25,29);1H,(H,2,3). The van der Waals surface area contributed by atoms with Gasteiger partial charge in [0.05, 0.1) is 11.4 Å². The molecule has 168 valence electrons. The molecule has 1 saturated heterocycles. The van der Waals surface area contributed by atoms with Crippen LogP contribution >= 0.6 is 0 Å². The van der Waals surface area contributed by atoms with Crippen molar-refractivity contribution < 1.29 is 19.1 Å². The number of hydrogen-bond donors (Lipinski definition) is 3. The molecule has 1 fully saturated rings. The number of piperazine rings is 1. The van der Waals surface area contributed by atoms with Crippen molar-refractivity contribution in [3.8, 4) is 0 Å². The molecule has 0 unspecified atom stereocenters. The number of anilines is 3. The van der Waals surface area contributed by atoms with Crippen LogP contribution in [0.4, 0.5) is 26.4 Å². The lowest BCUT2D eigenvalue weighted by molar-refractivity contribution is -0.122.